The molecule has 1 aromatic rings. The van der Waals surface area contributed by atoms with Gasteiger partial charge in [0.25, 0.3) is 0 Å². The third-order valence-electron chi connectivity index (χ3n) is 2.32. The Morgan fingerprint density at radius 3 is 2.93 bits per heavy atom. The van der Waals surface area contributed by atoms with Crippen molar-refractivity contribution in [1.82, 2.24) is 9.88 Å². The molecule has 82 valence electrons. The second kappa shape index (κ2) is 5.34. The Balaban J connectivity index is 2.51. The molecule has 0 aliphatic heterocycles. The van der Waals surface area contributed by atoms with Crippen LogP contribution in [0.5, 0.6) is 0 Å². The van der Waals surface area contributed by atoms with Crippen molar-refractivity contribution in [3.63, 3.8) is 0 Å². The van der Waals surface area contributed by atoms with Crippen LogP contribution in [-0.2, 0) is 4.79 Å². The number of likely N-dealkylation sites (N-methyl/N-ethyl adjacent to an activating group) is 1. The summed E-state index contributed by atoms with van der Waals surface area (Å²) in [6.07, 6.45) is 1.71. The van der Waals surface area contributed by atoms with Crippen molar-refractivity contribution < 1.29 is 4.79 Å². The smallest absolute Gasteiger partial charge is 0.241 e. The van der Waals surface area contributed by atoms with Crippen LogP contribution >= 0.6 is 0 Å². The molecule has 4 heteroatoms. The predicted octanol–water partition coefficient (Wildman–Crippen LogP) is 1.28. The second-order valence-electron chi connectivity index (χ2n) is 3.43. The number of nitrogens with one attached hydrogen (secondary N) is 1. The quantitative estimate of drug-likeness (QED) is 0.809. The average molecular weight is 207 g/mol. The maximum atomic E-state index is 11.5. The van der Waals surface area contributed by atoms with Gasteiger partial charge in [0, 0.05) is 19.8 Å². The molecule has 0 unspecified atom stereocenters. The number of aryl methyl sites for hydroxylation is 1. The molecule has 0 bridgehead atoms. The molecule has 1 rings (SSSR count). The molecule has 4 nitrogen and oxygen atoms in total. The fourth-order valence-electron chi connectivity index (χ4n) is 1.14. The Kier molecular flexibility index (Phi) is 4.09. The third kappa shape index (κ3) is 3.23. The molecular weight excluding hydrogens is 190 g/mol. The van der Waals surface area contributed by atoms with E-state index in [1.54, 1.807) is 18.1 Å². The van der Waals surface area contributed by atoms with Gasteiger partial charge in [0.05, 0.1) is 6.54 Å². The number of hydrogen-bond donors (Lipinski definition) is 1. The van der Waals surface area contributed by atoms with Crippen LogP contribution in [0.15, 0.2) is 18.3 Å². The topological polar surface area (TPSA) is 45.2 Å². The fraction of sp³-hybridized carbons (Fsp3) is 0.455. The minimum Gasteiger partial charge on any atom is -0.361 e. The maximum Gasteiger partial charge on any atom is 0.241 e. The molecule has 15 heavy (non-hydrogen) atoms. The Morgan fingerprint density at radius 2 is 2.33 bits per heavy atom. The molecule has 1 amide bonds. The zero-order valence-corrected chi connectivity index (χ0v) is 9.45. The second-order valence-corrected chi connectivity index (χ2v) is 3.43. The van der Waals surface area contributed by atoms with Gasteiger partial charge in [-0.25, -0.2) is 4.98 Å². The molecule has 1 heterocycles. The van der Waals surface area contributed by atoms with Crippen LogP contribution in [-0.4, -0.2) is 35.9 Å². The Labute approximate surface area is 90.3 Å². The summed E-state index contributed by atoms with van der Waals surface area (Å²) in [6.45, 7) is 4.93. The summed E-state index contributed by atoms with van der Waals surface area (Å²) in [6, 6.07) is 3.84. The number of pyridine rings is 1. The van der Waals surface area contributed by atoms with Crippen LogP contribution < -0.4 is 5.32 Å². The summed E-state index contributed by atoms with van der Waals surface area (Å²) in [5, 5.41) is 3.03. The maximum absolute atomic E-state index is 11.5. The van der Waals surface area contributed by atoms with Gasteiger partial charge >= 0.3 is 0 Å². The SMILES string of the molecule is CCN(C)C(=O)CNc1ncccc1C. The van der Waals surface area contributed by atoms with E-state index in [9.17, 15) is 4.79 Å². The van der Waals surface area contributed by atoms with Gasteiger partial charge < -0.3 is 10.2 Å². The molecule has 0 aromatic carbocycles. The van der Waals surface area contributed by atoms with Crippen molar-refractivity contribution in [1.29, 1.82) is 0 Å². The summed E-state index contributed by atoms with van der Waals surface area (Å²) in [7, 11) is 1.79. The van der Waals surface area contributed by atoms with Crippen molar-refractivity contribution in [2.24, 2.45) is 0 Å². The van der Waals surface area contributed by atoms with Crippen LogP contribution in [0, 0.1) is 6.92 Å². The Hall–Kier alpha value is -1.58. The van der Waals surface area contributed by atoms with E-state index in [-0.39, 0.29) is 5.91 Å². The number of anilines is 1. The molecule has 0 saturated heterocycles. The van der Waals surface area contributed by atoms with Crippen LogP contribution in [0.3, 0.4) is 0 Å². The van der Waals surface area contributed by atoms with Gasteiger partial charge in [-0.1, -0.05) is 6.07 Å². The molecule has 1 aromatic heterocycles. The number of amides is 1. The zero-order valence-electron chi connectivity index (χ0n) is 9.45. The van der Waals surface area contributed by atoms with E-state index in [2.05, 4.69) is 10.3 Å². The molecule has 0 aliphatic rings. The number of carbonyl (C=O) groups excluding carboxylic acids is 1. The molecule has 0 radical (unpaired) electrons. The monoisotopic (exact) mass is 207 g/mol. The number of carbonyl (C=O) groups is 1. The lowest BCUT2D eigenvalue weighted by molar-refractivity contribution is -0.127. The summed E-state index contributed by atoms with van der Waals surface area (Å²) < 4.78 is 0. The van der Waals surface area contributed by atoms with E-state index in [0.717, 1.165) is 17.9 Å². The highest BCUT2D eigenvalue weighted by atomic mass is 16.2. The van der Waals surface area contributed by atoms with Gasteiger partial charge in [-0.05, 0) is 25.5 Å². The van der Waals surface area contributed by atoms with Crippen molar-refractivity contribution in [3.05, 3.63) is 23.9 Å². The van der Waals surface area contributed by atoms with Crippen LogP contribution in [0.4, 0.5) is 5.82 Å². The largest absolute Gasteiger partial charge is 0.361 e. The first-order valence-corrected chi connectivity index (χ1v) is 5.04. The lowest BCUT2D eigenvalue weighted by atomic mass is 10.3. The summed E-state index contributed by atoms with van der Waals surface area (Å²) in [4.78, 5) is 17.3. The Morgan fingerprint density at radius 1 is 1.60 bits per heavy atom. The number of rotatable bonds is 4. The van der Waals surface area contributed by atoms with Gasteiger partial charge in [0.1, 0.15) is 5.82 Å². The minimum atomic E-state index is 0.0718. The molecule has 1 N–H and O–H groups in total. The van der Waals surface area contributed by atoms with E-state index in [1.165, 1.54) is 0 Å². The summed E-state index contributed by atoms with van der Waals surface area (Å²) >= 11 is 0. The van der Waals surface area contributed by atoms with E-state index >= 15 is 0 Å². The minimum absolute atomic E-state index is 0.0718. The van der Waals surface area contributed by atoms with E-state index in [1.807, 2.05) is 26.0 Å². The predicted molar refractivity (Wildman–Crippen MR) is 60.8 cm³/mol. The van der Waals surface area contributed by atoms with Crippen molar-refractivity contribution >= 4 is 11.7 Å². The normalized spacial score (nSPS) is 9.80. The molecule has 0 fully saturated rings. The third-order valence-corrected chi connectivity index (χ3v) is 2.32. The molecule has 0 aliphatic carbocycles. The molecular formula is C11H17N3O. The summed E-state index contributed by atoms with van der Waals surface area (Å²) in [5.41, 5.74) is 1.05. The fourth-order valence-corrected chi connectivity index (χ4v) is 1.14. The van der Waals surface area contributed by atoms with Crippen molar-refractivity contribution in [3.8, 4) is 0 Å². The first-order valence-electron chi connectivity index (χ1n) is 5.04. The van der Waals surface area contributed by atoms with Gasteiger partial charge in [0.2, 0.25) is 5.91 Å². The van der Waals surface area contributed by atoms with Crippen molar-refractivity contribution in [2.45, 2.75) is 13.8 Å². The Bertz CT molecular complexity index is 338. The standard InChI is InChI=1S/C11H17N3O/c1-4-14(3)10(15)8-13-11-9(2)6-5-7-12-11/h5-7H,4,8H2,1-3H3,(H,12,13). The van der Waals surface area contributed by atoms with Crippen LogP contribution in [0.1, 0.15) is 12.5 Å². The average Bonchev–Trinajstić information content (AvgIpc) is 2.26. The highest BCUT2D eigenvalue weighted by Crippen LogP contribution is 2.08. The molecule has 0 spiro atoms. The lowest BCUT2D eigenvalue weighted by Crippen LogP contribution is -2.32. The van der Waals surface area contributed by atoms with Gasteiger partial charge in [0.15, 0.2) is 0 Å². The lowest BCUT2D eigenvalue weighted by Gasteiger charge is -2.15. The zero-order chi connectivity index (χ0) is 11.3. The van der Waals surface area contributed by atoms with E-state index < -0.39 is 0 Å². The highest BCUT2D eigenvalue weighted by Gasteiger charge is 2.06. The van der Waals surface area contributed by atoms with E-state index in [0.29, 0.717) is 6.54 Å². The van der Waals surface area contributed by atoms with Gasteiger partial charge in [-0.3, -0.25) is 4.79 Å². The number of hydrogen-bond acceptors (Lipinski definition) is 3. The summed E-state index contributed by atoms with van der Waals surface area (Å²) in [5.74, 6) is 0.845. The van der Waals surface area contributed by atoms with Gasteiger partial charge in [-0.2, -0.15) is 0 Å². The van der Waals surface area contributed by atoms with E-state index in [4.69, 9.17) is 0 Å². The van der Waals surface area contributed by atoms with Gasteiger partial charge in [-0.15, -0.1) is 0 Å². The first kappa shape index (κ1) is 11.5. The van der Waals surface area contributed by atoms with Crippen molar-refractivity contribution in [2.75, 3.05) is 25.5 Å². The highest BCUT2D eigenvalue weighted by molar-refractivity contribution is 5.80. The van der Waals surface area contributed by atoms with Crippen LogP contribution in [0.25, 0.3) is 0 Å². The molecule has 0 saturated carbocycles. The number of aromatic nitrogens is 1. The first-order chi connectivity index (χ1) is 7.15. The number of nitrogens with zero attached hydrogens (tertiary/aromatic N) is 2. The van der Waals surface area contributed by atoms with Crippen LogP contribution in [0.2, 0.25) is 0 Å². The molecule has 0 atom stereocenters.